The summed E-state index contributed by atoms with van der Waals surface area (Å²) >= 11 is 6.19. The Morgan fingerprint density at radius 2 is 1.76 bits per heavy atom. The zero-order chi connectivity index (χ0) is 25.4. The number of ketones is 1. The molecular formula is C31H27ClN2O3. The van der Waals surface area contributed by atoms with Gasteiger partial charge in [-0.2, -0.15) is 0 Å². The number of nitrogens with zero attached hydrogens (tertiary/aromatic N) is 1. The topological polar surface area (TPSA) is 54.7 Å². The highest BCUT2D eigenvalue weighted by Crippen LogP contribution is 2.49. The van der Waals surface area contributed by atoms with Gasteiger partial charge in [0, 0.05) is 40.7 Å². The number of benzene rings is 3. The molecule has 2 atom stereocenters. The molecule has 4 aromatic rings. The lowest BCUT2D eigenvalue weighted by Gasteiger charge is -2.37. The quantitative estimate of drug-likeness (QED) is 0.301. The number of halogens is 1. The maximum absolute atomic E-state index is 14.0. The number of allylic oxidation sites excluding steroid dienone is 1. The summed E-state index contributed by atoms with van der Waals surface area (Å²) in [5, 5.41) is 4.35. The lowest BCUT2D eigenvalue weighted by molar-refractivity contribution is -0.116. The van der Waals surface area contributed by atoms with E-state index in [1.54, 1.807) is 13.4 Å². The van der Waals surface area contributed by atoms with Gasteiger partial charge >= 0.3 is 0 Å². The van der Waals surface area contributed by atoms with Gasteiger partial charge in [-0.1, -0.05) is 54.1 Å². The van der Waals surface area contributed by atoms with E-state index >= 15 is 0 Å². The molecule has 2 aliphatic rings. The van der Waals surface area contributed by atoms with E-state index in [-0.39, 0.29) is 17.7 Å². The van der Waals surface area contributed by atoms with Gasteiger partial charge in [0.05, 0.1) is 30.8 Å². The monoisotopic (exact) mass is 510 g/mol. The maximum Gasteiger partial charge on any atom is 0.163 e. The van der Waals surface area contributed by atoms with Crippen LogP contribution in [-0.4, -0.2) is 12.9 Å². The van der Waals surface area contributed by atoms with Crippen molar-refractivity contribution in [1.29, 1.82) is 0 Å². The van der Waals surface area contributed by atoms with Crippen LogP contribution in [0.25, 0.3) is 0 Å². The smallest absolute Gasteiger partial charge is 0.163 e. The van der Waals surface area contributed by atoms with Gasteiger partial charge in [-0.05, 0) is 54.4 Å². The molecule has 0 spiro atoms. The second kappa shape index (κ2) is 9.83. The fourth-order valence-electron chi connectivity index (χ4n) is 5.56. The first-order valence-corrected chi connectivity index (χ1v) is 12.8. The number of nitrogens with one attached hydrogen (secondary N) is 1. The lowest BCUT2D eigenvalue weighted by Crippen LogP contribution is -2.34. The van der Waals surface area contributed by atoms with Crippen LogP contribution in [0.4, 0.5) is 11.4 Å². The van der Waals surface area contributed by atoms with Crippen molar-refractivity contribution >= 4 is 28.8 Å². The number of ether oxygens (including phenoxy) is 1. The van der Waals surface area contributed by atoms with Gasteiger partial charge in [-0.15, -0.1) is 0 Å². The van der Waals surface area contributed by atoms with Crippen molar-refractivity contribution in [3.63, 3.8) is 0 Å². The minimum atomic E-state index is -0.344. The van der Waals surface area contributed by atoms with E-state index in [4.69, 9.17) is 20.8 Å². The summed E-state index contributed by atoms with van der Waals surface area (Å²) in [6, 6.07) is 27.6. The maximum atomic E-state index is 14.0. The number of hydrogen-bond donors (Lipinski definition) is 1. The predicted octanol–water partition coefficient (Wildman–Crippen LogP) is 7.52. The fourth-order valence-corrected chi connectivity index (χ4v) is 5.68. The molecule has 0 saturated heterocycles. The van der Waals surface area contributed by atoms with Gasteiger partial charge in [-0.3, -0.25) is 4.79 Å². The lowest BCUT2D eigenvalue weighted by atomic mass is 9.79. The van der Waals surface area contributed by atoms with Crippen LogP contribution in [0.3, 0.4) is 0 Å². The molecule has 186 valence electrons. The number of para-hydroxylation sites is 3. The second-order valence-corrected chi connectivity index (χ2v) is 9.91. The van der Waals surface area contributed by atoms with E-state index in [0.29, 0.717) is 24.4 Å². The van der Waals surface area contributed by atoms with Crippen LogP contribution in [0.5, 0.6) is 5.75 Å². The van der Waals surface area contributed by atoms with E-state index in [1.807, 2.05) is 66.7 Å². The van der Waals surface area contributed by atoms with E-state index in [0.717, 1.165) is 45.3 Å². The number of hydrogen-bond acceptors (Lipinski definition) is 5. The Bertz CT molecular complexity index is 1460. The molecule has 6 rings (SSSR count). The highest BCUT2D eigenvalue weighted by Gasteiger charge is 2.41. The van der Waals surface area contributed by atoms with Crippen molar-refractivity contribution in [1.82, 2.24) is 0 Å². The number of rotatable bonds is 5. The molecule has 1 aliphatic heterocycles. The van der Waals surface area contributed by atoms with Crippen LogP contribution < -0.4 is 15.0 Å². The third-order valence-corrected chi connectivity index (χ3v) is 7.49. The van der Waals surface area contributed by atoms with Crippen molar-refractivity contribution in [2.75, 3.05) is 17.3 Å². The average molecular weight is 511 g/mol. The number of methoxy groups -OCH3 is 1. The molecule has 1 N–H and O–H groups in total. The molecule has 6 heteroatoms. The predicted molar refractivity (Wildman–Crippen MR) is 146 cm³/mol. The summed E-state index contributed by atoms with van der Waals surface area (Å²) in [7, 11) is 1.68. The Hall–Kier alpha value is -3.96. The molecule has 5 nitrogen and oxygen atoms in total. The van der Waals surface area contributed by atoms with Crippen LogP contribution in [0.15, 0.2) is 107 Å². The Balaban J connectivity index is 1.56. The average Bonchev–Trinajstić information content (AvgIpc) is 3.42. The molecule has 37 heavy (non-hydrogen) atoms. The summed E-state index contributed by atoms with van der Waals surface area (Å²) in [5.41, 5.74) is 5.74. The Kier molecular flexibility index (Phi) is 6.23. The van der Waals surface area contributed by atoms with Crippen LogP contribution in [0.2, 0.25) is 5.02 Å². The first kappa shape index (κ1) is 23.4. The standard InChI is InChI=1S/C31H27ClN2O3/c1-36-29-10-5-2-7-23(29)31-30-25(17-21(18-27(30)35)28-11-6-16-37-28)33-24-8-3-4-9-26(24)34(31)19-20-12-14-22(32)15-13-20/h2-16,21,31,33H,17-19H2,1H3. The third kappa shape index (κ3) is 4.40. The summed E-state index contributed by atoms with van der Waals surface area (Å²) in [6.45, 7) is 0.588. The number of fused-ring (bicyclic) bond motifs is 1. The van der Waals surface area contributed by atoms with Gasteiger partial charge in [0.15, 0.2) is 5.78 Å². The Morgan fingerprint density at radius 3 is 2.54 bits per heavy atom. The molecule has 2 unspecified atom stereocenters. The van der Waals surface area contributed by atoms with Crippen molar-refractivity contribution in [2.24, 2.45) is 0 Å². The van der Waals surface area contributed by atoms with Gasteiger partial charge in [-0.25, -0.2) is 0 Å². The van der Waals surface area contributed by atoms with Gasteiger partial charge < -0.3 is 19.4 Å². The van der Waals surface area contributed by atoms with Gasteiger partial charge in [0.1, 0.15) is 11.5 Å². The molecular weight excluding hydrogens is 484 g/mol. The van der Waals surface area contributed by atoms with Crippen molar-refractivity contribution in [3.8, 4) is 5.75 Å². The van der Waals surface area contributed by atoms with E-state index < -0.39 is 0 Å². The van der Waals surface area contributed by atoms with Crippen molar-refractivity contribution in [3.05, 3.63) is 124 Å². The first-order chi connectivity index (χ1) is 18.1. The van der Waals surface area contributed by atoms with E-state index in [9.17, 15) is 4.79 Å². The van der Waals surface area contributed by atoms with Gasteiger partial charge in [0.25, 0.3) is 0 Å². The van der Waals surface area contributed by atoms with Crippen molar-refractivity contribution in [2.45, 2.75) is 31.3 Å². The summed E-state index contributed by atoms with van der Waals surface area (Å²) in [6.07, 6.45) is 2.75. The number of Topliss-reactive ketones (excluding diaryl/α,β-unsaturated/α-hetero) is 1. The number of furan rings is 1. The zero-order valence-corrected chi connectivity index (χ0v) is 21.2. The normalized spacial score (nSPS) is 19.1. The van der Waals surface area contributed by atoms with Gasteiger partial charge in [0.2, 0.25) is 0 Å². The molecule has 0 radical (unpaired) electrons. The molecule has 0 amide bonds. The fraction of sp³-hybridized carbons (Fsp3) is 0.194. The molecule has 0 saturated carbocycles. The summed E-state index contributed by atoms with van der Waals surface area (Å²) in [5.74, 6) is 1.69. The van der Waals surface area contributed by atoms with Crippen LogP contribution in [-0.2, 0) is 11.3 Å². The molecule has 1 aromatic heterocycles. The van der Waals surface area contributed by atoms with Crippen LogP contribution >= 0.6 is 11.6 Å². The van der Waals surface area contributed by atoms with Crippen LogP contribution in [0, 0.1) is 0 Å². The van der Waals surface area contributed by atoms with E-state index in [2.05, 4.69) is 28.4 Å². The molecule has 2 heterocycles. The summed E-state index contributed by atoms with van der Waals surface area (Å²) in [4.78, 5) is 16.3. The highest BCUT2D eigenvalue weighted by atomic mass is 35.5. The SMILES string of the molecule is COc1ccccc1C1C2=C(CC(c3ccco3)CC2=O)Nc2ccccc2N1Cc1ccc(Cl)cc1. The van der Waals surface area contributed by atoms with E-state index in [1.165, 1.54) is 0 Å². The minimum absolute atomic E-state index is 0.0120. The Morgan fingerprint density at radius 1 is 0.973 bits per heavy atom. The molecule has 0 fully saturated rings. The number of carbonyl (C=O) groups excluding carboxylic acids is 1. The second-order valence-electron chi connectivity index (χ2n) is 9.48. The molecule has 3 aromatic carbocycles. The van der Waals surface area contributed by atoms with Crippen LogP contribution in [0.1, 0.15) is 41.7 Å². The Labute approximate surface area is 221 Å². The molecule has 0 bridgehead atoms. The zero-order valence-electron chi connectivity index (χ0n) is 20.5. The summed E-state index contributed by atoms with van der Waals surface area (Å²) < 4.78 is 11.5. The minimum Gasteiger partial charge on any atom is -0.496 e. The number of anilines is 2. The largest absolute Gasteiger partial charge is 0.496 e. The first-order valence-electron chi connectivity index (χ1n) is 12.4. The van der Waals surface area contributed by atoms with Crippen molar-refractivity contribution < 1.29 is 13.9 Å². The highest BCUT2D eigenvalue weighted by molar-refractivity contribution is 6.30. The molecule has 1 aliphatic carbocycles. The third-order valence-electron chi connectivity index (χ3n) is 7.24. The number of carbonyl (C=O) groups is 1.